The lowest BCUT2D eigenvalue weighted by Gasteiger charge is -2.17. The lowest BCUT2D eigenvalue weighted by molar-refractivity contribution is 0.0504. The van der Waals surface area contributed by atoms with Gasteiger partial charge in [0.25, 0.3) is 0 Å². The van der Waals surface area contributed by atoms with Gasteiger partial charge in [-0.15, -0.1) is 22.7 Å². The van der Waals surface area contributed by atoms with Gasteiger partial charge >= 0.3 is 11.9 Å². The summed E-state index contributed by atoms with van der Waals surface area (Å²) in [6.07, 6.45) is 0. The number of benzene rings is 1. The number of carbonyl (C=O) groups excluding carboxylic acids is 2. The second-order valence-corrected chi connectivity index (χ2v) is 8.97. The third kappa shape index (κ3) is 4.02. The summed E-state index contributed by atoms with van der Waals surface area (Å²) in [5, 5.41) is 0. The second-order valence-electron chi connectivity index (χ2n) is 6.39. The van der Waals surface area contributed by atoms with Crippen molar-refractivity contribution in [2.75, 3.05) is 13.2 Å². The third-order valence-electron chi connectivity index (χ3n) is 4.31. The highest BCUT2D eigenvalue weighted by Gasteiger charge is 2.34. The van der Waals surface area contributed by atoms with Crippen LogP contribution in [-0.2, 0) is 9.47 Å². The Morgan fingerprint density at radius 3 is 1.40 bits per heavy atom. The number of aryl methyl sites for hydroxylation is 2. The predicted octanol–water partition coefficient (Wildman–Crippen LogP) is 6.39. The molecule has 4 nitrogen and oxygen atoms in total. The number of hydrogen-bond acceptors (Lipinski definition) is 6. The predicted molar refractivity (Wildman–Crippen MR) is 114 cm³/mol. The molecule has 0 bridgehead atoms. The van der Waals surface area contributed by atoms with Crippen LogP contribution in [0.4, 0.5) is 8.78 Å². The van der Waals surface area contributed by atoms with Crippen LogP contribution in [0.1, 0.15) is 44.3 Å². The third-order valence-corrected chi connectivity index (χ3v) is 6.35. The average molecular weight is 451 g/mol. The van der Waals surface area contributed by atoms with E-state index in [0.29, 0.717) is 9.75 Å². The van der Waals surface area contributed by atoms with E-state index < -0.39 is 34.7 Å². The Morgan fingerprint density at radius 2 is 1.13 bits per heavy atom. The van der Waals surface area contributed by atoms with Crippen LogP contribution in [0.2, 0.25) is 0 Å². The fourth-order valence-corrected chi connectivity index (χ4v) is 4.90. The topological polar surface area (TPSA) is 52.6 Å². The Hall–Kier alpha value is -2.58. The molecule has 0 fully saturated rings. The summed E-state index contributed by atoms with van der Waals surface area (Å²) in [5.74, 6) is -3.97. The van der Waals surface area contributed by atoms with Gasteiger partial charge in [0, 0.05) is 30.6 Å². The van der Waals surface area contributed by atoms with Gasteiger partial charge in [-0.25, -0.2) is 18.4 Å². The standard InChI is InChI=1S/C22H20F2O4S2/c1-5-27-21(25)17-15(13-9-7-11(3)29-13)20(24)18(22(26)28-6-2)16(19(17)23)14-10-8-12(4)30-14/h7-10H,5-6H2,1-4H3. The SMILES string of the molecule is CCOC(=O)c1c(F)c(-c2ccc(C)s2)c(C(=O)OCC)c(F)c1-c1ccc(C)s1. The van der Waals surface area contributed by atoms with E-state index in [-0.39, 0.29) is 24.3 Å². The summed E-state index contributed by atoms with van der Waals surface area (Å²) in [5.41, 5.74) is -1.62. The van der Waals surface area contributed by atoms with Crippen LogP contribution in [0, 0.1) is 25.5 Å². The summed E-state index contributed by atoms with van der Waals surface area (Å²) in [6.45, 7) is 6.77. The molecule has 2 aromatic heterocycles. The van der Waals surface area contributed by atoms with E-state index in [1.165, 1.54) is 22.7 Å². The molecule has 0 radical (unpaired) electrons. The van der Waals surface area contributed by atoms with Gasteiger partial charge in [0.2, 0.25) is 0 Å². The first-order valence-electron chi connectivity index (χ1n) is 9.32. The Bertz CT molecular complexity index is 1030. The molecule has 3 aromatic rings. The van der Waals surface area contributed by atoms with Crippen molar-refractivity contribution in [3.05, 3.63) is 56.8 Å². The minimum atomic E-state index is -0.999. The number of hydrogen-bond donors (Lipinski definition) is 0. The van der Waals surface area contributed by atoms with Crippen molar-refractivity contribution in [1.29, 1.82) is 0 Å². The molecule has 0 aliphatic rings. The zero-order valence-corrected chi connectivity index (χ0v) is 18.6. The van der Waals surface area contributed by atoms with Crippen LogP contribution in [0.15, 0.2) is 24.3 Å². The van der Waals surface area contributed by atoms with Gasteiger partial charge in [0.05, 0.1) is 13.2 Å². The van der Waals surface area contributed by atoms with E-state index in [1.54, 1.807) is 38.1 Å². The smallest absolute Gasteiger partial charge is 0.341 e. The lowest BCUT2D eigenvalue weighted by atomic mass is 9.94. The first-order chi connectivity index (χ1) is 14.3. The van der Waals surface area contributed by atoms with Crippen LogP contribution >= 0.6 is 22.7 Å². The van der Waals surface area contributed by atoms with Crippen molar-refractivity contribution in [2.45, 2.75) is 27.7 Å². The van der Waals surface area contributed by atoms with Crippen LogP contribution < -0.4 is 0 Å². The number of esters is 2. The fourth-order valence-electron chi connectivity index (χ4n) is 3.08. The molecule has 0 aliphatic carbocycles. The molecule has 0 amide bonds. The molecule has 0 saturated carbocycles. The zero-order chi connectivity index (χ0) is 22.0. The Morgan fingerprint density at radius 1 is 0.767 bits per heavy atom. The first kappa shape index (κ1) is 22.1. The van der Waals surface area contributed by atoms with Gasteiger partial charge in [-0.05, 0) is 52.0 Å². The van der Waals surface area contributed by atoms with Gasteiger partial charge in [-0.2, -0.15) is 0 Å². The molecule has 0 N–H and O–H groups in total. The highest BCUT2D eigenvalue weighted by Crippen LogP contribution is 2.43. The molecule has 0 atom stereocenters. The minimum Gasteiger partial charge on any atom is -0.462 e. The van der Waals surface area contributed by atoms with Crippen molar-refractivity contribution in [1.82, 2.24) is 0 Å². The molecule has 0 saturated heterocycles. The summed E-state index contributed by atoms with van der Waals surface area (Å²) < 4.78 is 41.8. The summed E-state index contributed by atoms with van der Waals surface area (Å²) >= 11 is 2.38. The van der Waals surface area contributed by atoms with Crippen molar-refractivity contribution in [3.63, 3.8) is 0 Å². The average Bonchev–Trinajstić information content (AvgIpc) is 3.31. The number of carbonyl (C=O) groups is 2. The molecule has 0 aliphatic heterocycles. The normalized spacial score (nSPS) is 10.9. The van der Waals surface area contributed by atoms with Crippen LogP contribution in [-0.4, -0.2) is 25.2 Å². The molecule has 2 heterocycles. The Balaban J connectivity index is 2.45. The Kier molecular flexibility index (Phi) is 6.67. The van der Waals surface area contributed by atoms with Gasteiger partial charge in [-0.1, -0.05) is 0 Å². The van der Waals surface area contributed by atoms with Crippen LogP contribution in [0.5, 0.6) is 0 Å². The fraction of sp³-hybridized carbons (Fsp3) is 0.273. The minimum absolute atomic E-state index is 0.00410. The quantitative estimate of drug-likeness (QED) is 0.408. The maximum Gasteiger partial charge on any atom is 0.341 e. The van der Waals surface area contributed by atoms with Gasteiger partial charge in [0.1, 0.15) is 22.8 Å². The maximum atomic E-state index is 15.9. The summed E-state index contributed by atoms with van der Waals surface area (Å²) in [6, 6.07) is 6.63. The molecule has 8 heteroatoms. The molecule has 30 heavy (non-hydrogen) atoms. The summed E-state index contributed by atoms with van der Waals surface area (Å²) in [7, 11) is 0. The van der Waals surface area contributed by atoms with E-state index in [9.17, 15) is 9.59 Å². The molecule has 3 rings (SSSR count). The summed E-state index contributed by atoms with van der Waals surface area (Å²) in [4.78, 5) is 27.7. The largest absolute Gasteiger partial charge is 0.462 e. The first-order valence-corrected chi connectivity index (χ1v) is 11.0. The molecular weight excluding hydrogens is 430 g/mol. The number of ether oxygens (including phenoxy) is 2. The van der Waals surface area contributed by atoms with Gasteiger partial charge in [-0.3, -0.25) is 0 Å². The van der Waals surface area contributed by atoms with Crippen molar-refractivity contribution < 1.29 is 27.8 Å². The van der Waals surface area contributed by atoms with Crippen molar-refractivity contribution >= 4 is 34.6 Å². The maximum absolute atomic E-state index is 15.9. The number of thiophene rings is 2. The highest BCUT2D eigenvalue weighted by molar-refractivity contribution is 7.15. The van der Waals surface area contributed by atoms with E-state index in [1.807, 2.05) is 13.8 Å². The van der Waals surface area contributed by atoms with Crippen molar-refractivity contribution in [2.24, 2.45) is 0 Å². The number of halogens is 2. The zero-order valence-electron chi connectivity index (χ0n) is 16.9. The molecule has 158 valence electrons. The van der Waals surface area contributed by atoms with Gasteiger partial charge in [0.15, 0.2) is 0 Å². The van der Waals surface area contributed by atoms with Gasteiger partial charge < -0.3 is 9.47 Å². The van der Waals surface area contributed by atoms with Crippen LogP contribution in [0.25, 0.3) is 20.9 Å². The van der Waals surface area contributed by atoms with Crippen LogP contribution in [0.3, 0.4) is 0 Å². The van der Waals surface area contributed by atoms with E-state index in [4.69, 9.17) is 9.47 Å². The molecule has 1 aromatic carbocycles. The molecule has 0 unspecified atom stereocenters. The number of rotatable bonds is 6. The molecule has 0 spiro atoms. The molecular formula is C22H20F2O4S2. The Labute approximate surface area is 181 Å². The second kappa shape index (κ2) is 9.06. The van der Waals surface area contributed by atoms with E-state index >= 15 is 8.78 Å². The monoisotopic (exact) mass is 450 g/mol. The lowest BCUT2D eigenvalue weighted by Crippen LogP contribution is -2.17. The van der Waals surface area contributed by atoms with Crippen molar-refractivity contribution in [3.8, 4) is 20.9 Å². The van der Waals surface area contributed by atoms with E-state index in [2.05, 4.69) is 0 Å². The van der Waals surface area contributed by atoms with E-state index in [0.717, 1.165) is 9.75 Å². The highest BCUT2D eigenvalue weighted by atomic mass is 32.1.